The number of fused-ring (bicyclic) bond motifs is 1. The maximum absolute atomic E-state index is 12.0. The average Bonchev–Trinajstić information content (AvgIpc) is 2.57. The molecule has 1 amide bonds. The molecule has 2 aromatic rings. The zero-order valence-electron chi connectivity index (χ0n) is 12.6. The Morgan fingerprint density at radius 2 is 1.74 bits per heavy atom. The highest BCUT2D eigenvalue weighted by atomic mass is 35.5. The van der Waals surface area contributed by atoms with E-state index in [4.69, 9.17) is 5.73 Å². The maximum Gasteiger partial charge on any atom is 0.337 e. The van der Waals surface area contributed by atoms with Crippen LogP contribution in [0, 0.1) is 0 Å². The van der Waals surface area contributed by atoms with Crippen molar-refractivity contribution in [3.05, 3.63) is 47.5 Å². The Kier molecular flexibility index (Phi) is 6.96. The molecule has 0 radical (unpaired) electrons. The van der Waals surface area contributed by atoms with Crippen LogP contribution in [0.1, 0.15) is 20.7 Å². The summed E-state index contributed by atoms with van der Waals surface area (Å²) in [5.74, 6) is -0.689. The molecule has 0 bridgehead atoms. The molecule has 4 N–H and O–H groups in total. The summed E-state index contributed by atoms with van der Waals surface area (Å²) in [7, 11) is 1.33. The van der Waals surface area contributed by atoms with E-state index in [0.717, 1.165) is 10.8 Å². The molecule has 0 aromatic heterocycles. The Morgan fingerprint density at radius 1 is 1.17 bits per heavy atom. The molecule has 0 aliphatic rings. The lowest BCUT2D eigenvalue weighted by Crippen LogP contribution is -2.36. The van der Waals surface area contributed by atoms with Gasteiger partial charge in [-0.15, -0.1) is 12.4 Å². The van der Waals surface area contributed by atoms with Crippen LogP contribution in [-0.2, 0) is 4.74 Å². The van der Waals surface area contributed by atoms with Crippen LogP contribution >= 0.6 is 12.4 Å². The number of benzene rings is 2. The first-order valence-electron chi connectivity index (χ1n) is 6.83. The molecule has 0 aliphatic carbocycles. The van der Waals surface area contributed by atoms with Crippen LogP contribution < -0.4 is 11.1 Å². The normalized spacial score (nSPS) is 11.4. The highest BCUT2D eigenvalue weighted by Crippen LogP contribution is 2.18. The van der Waals surface area contributed by atoms with Crippen LogP contribution in [-0.4, -0.2) is 43.3 Å². The first kappa shape index (κ1) is 18.9. The molecule has 0 heterocycles. The zero-order valence-corrected chi connectivity index (χ0v) is 13.4. The van der Waals surface area contributed by atoms with Gasteiger partial charge < -0.3 is 20.9 Å². The fourth-order valence-corrected chi connectivity index (χ4v) is 2.03. The SMILES string of the molecule is COC(=O)c1ccc2cc(C(=O)NCC(O)CN)ccc2c1.Cl. The Hall–Kier alpha value is -2.15. The quantitative estimate of drug-likeness (QED) is 0.708. The minimum atomic E-state index is -0.757. The molecule has 2 rings (SSSR count). The minimum absolute atomic E-state index is 0. The molecule has 0 spiro atoms. The molecular weight excluding hydrogens is 320 g/mol. The summed E-state index contributed by atoms with van der Waals surface area (Å²) in [5.41, 5.74) is 6.21. The monoisotopic (exact) mass is 338 g/mol. The summed E-state index contributed by atoms with van der Waals surface area (Å²) in [6.45, 7) is 0.197. The summed E-state index contributed by atoms with van der Waals surface area (Å²) in [6.07, 6.45) is -0.757. The van der Waals surface area contributed by atoms with E-state index in [2.05, 4.69) is 10.1 Å². The van der Waals surface area contributed by atoms with Gasteiger partial charge in [-0.1, -0.05) is 12.1 Å². The molecule has 1 unspecified atom stereocenters. The van der Waals surface area contributed by atoms with Gasteiger partial charge in [0.1, 0.15) is 0 Å². The Bertz CT molecular complexity index is 706. The van der Waals surface area contributed by atoms with Crippen LogP contribution in [0.3, 0.4) is 0 Å². The predicted octanol–water partition coefficient (Wildman–Crippen LogP) is 1.10. The van der Waals surface area contributed by atoms with Gasteiger partial charge in [0.2, 0.25) is 0 Å². The van der Waals surface area contributed by atoms with E-state index in [0.29, 0.717) is 11.1 Å². The van der Waals surface area contributed by atoms with Crippen molar-refractivity contribution in [3.63, 3.8) is 0 Å². The molecule has 23 heavy (non-hydrogen) atoms. The van der Waals surface area contributed by atoms with Gasteiger partial charge in [0.05, 0.1) is 18.8 Å². The van der Waals surface area contributed by atoms with E-state index in [1.807, 2.05) is 0 Å². The van der Waals surface area contributed by atoms with E-state index < -0.39 is 12.1 Å². The number of halogens is 1. The van der Waals surface area contributed by atoms with Crippen molar-refractivity contribution in [2.24, 2.45) is 5.73 Å². The molecule has 2 aromatic carbocycles. The number of aliphatic hydroxyl groups excluding tert-OH is 1. The summed E-state index contributed by atoms with van der Waals surface area (Å²) in [5, 5.41) is 13.6. The molecule has 0 saturated carbocycles. The number of esters is 1. The Morgan fingerprint density at radius 3 is 2.30 bits per heavy atom. The number of rotatable bonds is 5. The third kappa shape index (κ3) is 4.66. The van der Waals surface area contributed by atoms with E-state index >= 15 is 0 Å². The zero-order chi connectivity index (χ0) is 16.1. The number of nitrogens with one attached hydrogen (secondary N) is 1. The van der Waals surface area contributed by atoms with E-state index in [9.17, 15) is 14.7 Å². The Labute approximate surface area is 140 Å². The summed E-state index contributed by atoms with van der Waals surface area (Å²) < 4.78 is 4.68. The summed E-state index contributed by atoms with van der Waals surface area (Å²) >= 11 is 0. The van der Waals surface area contributed by atoms with Crippen molar-refractivity contribution in [2.45, 2.75) is 6.10 Å². The lowest BCUT2D eigenvalue weighted by atomic mass is 10.0. The van der Waals surface area contributed by atoms with Gasteiger partial charge in [0.15, 0.2) is 0 Å². The molecule has 7 heteroatoms. The lowest BCUT2D eigenvalue weighted by Gasteiger charge is -2.10. The van der Waals surface area contributed by atoms with Crippen LogP contribution in [0.4, 0.5) is 0 Å². The topological polar surface area (TPSA) is 102 Å². The minimum Gasteiger partial charge on any atom is -0.465 e. The third-order valence-electron chi connectivity index (χ3n) is 3.29. The first-order valence-corrected chi connectivity index (χ1v) is 6.83. The van der Waals surface area contributed by atoms with E-state index in [1.165, 1.54) is 7.11 Å². The van der Waals surface area contributed by atoms with Crippen molar-refractivity contribution in [3.8, 4) is 0 Å². The van der Waals surface area contributed by atoms with Crippen LogP contribution in [0.5, 0.6) is 0 Å². The number of carbonyl (C=O) groups excluding carboxylic acids is 2. The second kappa shape index (κ2) is 8.47. The second-order valence-electron chi connectivity index (χ2n) is 4.87. The molecule has 0 aliphatic heterocycles. The van der Waals surface area contributed by atoms with Crippen molar-refractivity contribution in [1.29, 1.82) is 0 Å². The number of methoxy groups -OCH3 is 1. The first-order chi connectivity index (χ1) is 10.5. The number of amides is 1. The molecule has 1 atom stereocenters. The van der Waals surface area contributed by atoms with Gasteiger partial charge in [0, 0.05) is 18.7 Å². The standard InChI is InChI=1S/C16H18N2O4.ClH/c1-22-16(21)13-5-3-10-6-12(4-2-11(10)7-13)15(20)18-9-14(19)8-17;/h2-7,14,19H,8-9,17H2,1H3,(H,18,20);1H. The highest BCUT2D eigenvalue weighted by Gasteiger charge is 2.10. The fraction of sp³-hybridized carbons (Fsp3) is 0.250. The van der Waals surface area contributed by atoms with Crippen LogP contribution in [0.25, 0.3) is 10.8 Å². The van der Waals surface area contributed by atoms with Gasteiger partial charge >= 0.3 is 5.97 Å². The third-order valence-corrected chi connectivity index (χ3v) is 3.29. The van der Waals surface area contributed by atoms with Crippen LogP contribution in [0.15, 0.2) is 36.4 Å². The number of hydrogen-bond donors (Lipinski definition) is 3. The van der Waals surface area contributed by atoms with Gasteiger partial charge in [-0.05, 0) is 35.0 Å². The molecule has 0 fully saturated rings. The van der Waals surface area contributed by atoms with Gasteiger partial charge in [-0.2, -0.15) is 0 Å². The van der Waals surface area contributed by atoms with Crippen molar-refractivity contribution in [2.75, 3.05) is 20.2 Å². The highest BCUT2D eigenvalue weighted by molar-refractivity contribution is 6.00. The number of carbonyl (C=O) groups is 2. The van der Waals surface area contributed by atoms with E-state index in [-0.39, 0.29) is 31.4 Å². The largest absolute Gasteiger partial charge is 0.465 e. The molecule has 6 nitrogen and oxygen atoms in total. The van der Waals surface area contributed by atoms with Crippen molar-refractivity contribution < 1.29 is 19.4 Å². The second-order valence-corrected chi connectivity index (χ2v) is 4.87. The smallest absolute Gasteiger partial charge is 0.337 e. The van der Waals surface area contributed by atoms with Crippen LogP contribution in [0.2, 0.25) is 0 Å². The lowest BCUT2D eigenvalue weighted by molar-refractivity contribution is 0.0600. The van der Waals surface area contributed by atoms with Gasteiger partial charge in [-0.3, -0.25) is 4.79 Å². The number of hydrogen-bond acceptors (Lipinski definition) is 5. The van der Waals surface area contributed by atoms with Crippen molar-refractivity contribution >= 4 is 35.1 Å². The van der Waals surface area contributed by atoms with Crippen molar-refractivity contribution in [1.82, 2.24) is 5.32 Å². The molecule has 0 saturated heterocycles. The van der Waals surface area contributed by atoms with E-state index in [1.54, 1.807) is 36.4 Å². The summed E-state index contributed by atoms with van der Waals surface area (Å²) in [6, 6.07) is 10.3. The Balaban J connectivity index is 0.00000264. The molecular formula is C16H19ClN2O4. The summed E-state index contributed by atoms with van der Waals surface area (Å²) in [4.78, 5) is 23.5. The van der Waals surface area contributed by atoms with Gasteiger partial charge in [-0.25, -0.2) is 4.79 Å². The van der Waals surface area contributed by atoms with Gasteiger partial charge in [0.25, 0.3) is 5.91 Å². The molecule has 124 valence electrons. The number of nitrogens with two attached hydrogens (primary N) is 1. The number of aliphatic hydroxyl groups is 1. The predicted molar refractivity (Wildman–Crippen MR) is 89.9 cm³/mol. The average molecular weight is 339 g/mol. The number of ether oxygens (including phenoxy) is 1. The maximum atomic E-state index is 12.0. The fourth-order valence-electron chi connectivity index (χ4n) is 2.03.